The SMILES string of the molecule is CC(c1ccc2c(c1)OCO2)S(=O)(=O)c1nnnn1-c1ccccc1. The molecule has 128 valence electrons. The zero-order chi connectivity index (χ0) is 17.4. The Bertz CT molecular complexity index is 1020. The number of nitrogens with zero attached hydrogens (tertiary/aromatic N) is 4. The van der Waals surface area contributed by atoms with Crippen LogP contribution in [-0.2, 0) is 9.84 Å². The van der Waals surface area contributed by atoms with Gasteiger partial charge in [0.15, 0.2) is 11.5 Å². The number of ether oxygens (including phenoxy) is 2. The van der Waals surface area contributed by atoms with Gasteiger partial charge in [0, 0.05) is 0 Å². The summed E-state index contributed by atoms with van der Waals surface area (Å²) in [6.45, 7) is 1.73. The Kier molecular flexibility index (Phi) is 3.65. The first-order chi connectivity index (χ1) is 12.1. The molecule has 8 nitrogen and oxygen atoms in total. The molecule has 0 N–H and O–H groups in total. The minimum absolute atomic E-state index is 0.131. The lowest BCUT2D eigenvalue weighted by molar-refractivity contribution is 0.174. The summed E-state index contributed by atoms with van der Waals surface area (Å²) in [4.78, 5) is 0. The normalized spacial score (nSPS) is 14.4. The van der Waals surface area contributed by atoms with Gasteiger partial charge in [-0.05, 0) is 47.2 Å². The summed E-state index contributed by atoms with van der Waals surface area (Å²) in [7, 11) is -3.81. The summed E-state index contributed by atoms with van der Waals surface area (Å²) in [5.74, 6) is 1.13. The fourth-order valence-electron chi connectivity index (χ4n) is 2.59. The van der Waals surface area contributed by atoms with Crippen LogP contribution >= 0.6 is 0 Å². The van der Waals surface area contributed by atoms with E-state index in [4.69, 9.17) is 9.47 Å². The second kappa shape index (κ2) is 5.85. The van der Waals surface area contributed by atoms with Crippen molar-refractivity contribution < 1.29 is 17.9 Å². The summed E-state index contributed by atoms with van der Waals surface area (Å²) in [5, 5.41) is 10.0. The second-order valence-corrected chi connectivity index (χ2v) is 7.67. The molecular weight excluding hydrogens is 344 g/mol. The van der Waals surface area contributed by atoms with Crippen molar-refractivity contribution in [2.75, 3.05) is 6.79 Å². The molecule has 0 radical (unpaired) electrons. The largest absolute Gasteiger partial charge is 0.454 e. The molecule has 3 aromatic rings. The molecule has 1 atom stereocenters. The molecule has 2 aromatic carbocycles. The number of sulfone groups is 1. The molecule has 0 saturated heterocycles. The van der Waals surface area contributed by atoms with Crippen molar-refractivity contribution in [3.8, 4) is 17.2 Å². The van der Waals surface area contributed by atoms with Gasteiger partial charge >= 0.3 is 0 Å². The van der Waals surface area contributed by atoms with Crippen molar-refractivity contribution in [2.24, 2.45) is 0 Å². The Labute approximate surface area is 143 Å². The molecule has 0 fully saturated rings. The smallest absolute Gasteiger partial charge is 0.273 e. The summed E-state index contributed by atoms with van der Waals surface area (Å²) in [6, 6.07) is 13.9. The zero-order valence-corrected chi connectivity index (χ0v) is 14.0. The van der Waals surface area contributed by atoms with E-state index in [2.05, 4.69) is 15.5 Å². The third kappa shape index (κ3) is 2.62. The fraction of sp³-hybridized carbons (Fsp3) is 0.188. The van der Waals surface area contributed by atoms with E-state index in [9.17, 15) is 8.42 Å². The van der Waals surface area contributed by atoms with Crippen LogP contribution in [0.25, 0.3) is 5.69 Å². The van der Waals surface area contributed by atoms with E-state index in [1.807, 2.05) is 6.07 Å². The van der Waals surface area contributed by atoms with Gasteiger partial charge in [0.2, 0.25) is 16.6 Å². The Balaban J connectivity index is 1.74. The third-order valence-electron chi connectivity index (χ3n) is 4.03. The molecule has 1 aliphatic rings. The number of fused-ring (bicyclic) bond motifs is 1. The van der Waals surface area contributed by atoms with Gasteiger partial charge in [0.25, 0.3) is 5.16 Å². The molecule has 0 bridgehead atoms. The van der Waals surface area contributed by atoms with E-state index in [0.29, 0.717) is 22.7 Å². The number of tetrazole rings is 1. The summed E-state index contributed by atoms with van der Waals surface area (Å²) in [6.07, 6.45) is 0. The maximum absolute atomic E-state index is 13.1. The Morgan fingerprint density at radius 3 is 2.64 bits per heavy atom. The van der Waals surface area contributed by atoms with E-state index < -0.39 is 15.1 Å². The molecular formula is C16H14N4O4S. The molecule has 25 heavy (non-hydrogen) atoms. The lowest BCUT2D eigenvalue weighted by Gasteiger charge is -2.13. The highest BCUT2D eigenvalue weighted by molar-refractivity contribution is 7.91. The third-order valence-corrected chi connectivity index (χ3v) is 5.99. The average molecular weight is 358 g/mol. The van der Waals surface area contributed by atoms with E-state index >= 15 is 0 Å². The molecule has 0 saturated carbocycles. The fourth-order valence-corrected chi connectivity index (χ4v) is 3.95. The summed E-state index contributed by atoms with van der Waals surface area (Å²) >= 11 is 0. The molecule has 0 aliphatic carbocycles. The molecule has 1 aliphatic heterocycles. The molecule has 0 spiro atoms. The number of benzene rings is 2. The first-order valence-corrected chi connectivity index (χ1v) is 9.09. The first-order valence-electron chi connectivity index (χ1n) is 7.54. The van der Waals surface area contributed by atoms with E-state index in [1.54, 1.807) is 49.4 Å². The first kappa shape index (κ1) is 15.6. The number of aromatic nitrogens is 4. The zero-order valence-electron chi connectivity index (χ0n) is 13.2. The number of rotatable bonds is 4. The van der Waals surface area contributed by atoms with Crippen LogP contribution in [0, 0.1) is 0 Å². The highest BCUT2D eigenvalue weighted by atomic mass is 32.2. The predicted octanol–water partition coefficient (Wildman–Crippen LogP) is 1.93. The molecule has 2 heterocycles. The van der Waals surface area contributed by atoms with Gasteiger partial charge in [-0.3, -0.25) is 0 Å². The predicted molar refractivity (Wildman–Crippen MR) is 87.3 cm³/mol. The van der Waals surface area contributed by atoms with Gasteiger partial charge in [0.1, 0.15) is 0 Å². The summed E-state index contributed by atoms with van der Waals surface area (Å²) in [5.41, 5.74) is 1.15. The van der Waals surface area contributed by atoms with E-state index in [-0.39, 0.29) is 11.9 Å². The quantitative estimate of drug-likeness (QED) is 0.703. The van der Waals surface area contributed by atoms with E-state index in [1.165, 1.54) is 4.68 Å². The van der Waals surface area contributed by atoms with Gasteiger partial charge in [-0.2, -0.15) is 4.68 Å². The number of hydrogen-bond donors (Lipinski definition) is 0. The van der Waals surface area contributed by atoms with Crippen molar-refractivity contribution in [3.05, 3.63) is 54.1 Å². The Morgan fingerprint density at radius 2 is 1.84 bits per heavy atom. The minimum atomic E-state index is -3.81. The van der Waals surface area contributed by atoms with Crippen LogP contribution in [0.15, 0.2) is 53.7 Å². The van der Waals surface area contributed by atoms with Crippen molar-refractivity contribution in [2.45, 2.75) is 17.3 Å². The highest BCUT2D eigenvalue weighted by Gasteiger charge is 2.32. The second-order valence-electron chi connectivity index (χ2n) is 5.51. The molecule has 0 amide bonds. The van der Waals surface area contributed by atoms with Crippen LogP contribution in [0.2, 0.25) is 0 Å². The van der Waals surface area contributed by atoms with Crippen molar-refractivity contribution in [1.29, 1.82) is 0 Å². The lowest BCUT2D eigenvalue weighted by Crippen LogP contribution is -2.16. The Morgan fingerprint density at radius 1 is 1.08 bits per heavy atom. The van der Waals surface area contributed by atoms with Gasteiger partial charge < -0.3 is 9.47 Å². The summed E-state index contributed by atoms with van der Waals surface area (Å²) < 4.78 is 37.9. The highest BCUT2D eigenvalue weighted by Crippen LogP contribution is 2.37. The van der Waals surface area contributed by atoms with Gasteiger partial charge in [-0.25, -0.2) is 8.42 Å². The molecule has 1 aromatic heterocycles. The van der Waals surface area contributed by atoms with Crippen LogP contribution in [0.5, 0.6) is 11.5 Å². The topological polar surface area (TPSA) is 96.2 Å². The van der Waals surface area contributed by atoms with Gasteiger partial charge in [-0.15, -0.1) is 0 Å². The van der Waals surface area contributed by atoms with Gasteiger partial charge in [-0.1, -0.05) is 29.4 Å². The van der Waals surface area contributed by atoms with Crippen LogP contribution in [0.3, 0.4) is 0 Å². The van der Waals surface area contributed by atoms with Gasteiger partial charge in [0.05, 0.1) is 10.9 Å². The van der Waals surface area contributed by atoms with E-state index in [0.717, 1.165) is 0 Å². The number of para-hydroxylation sites is 1. The molecule has 1 unspecified atom stereocenters. The monoisotopic (exact) mass is 358 g/mol. The number of hydrogen-bond acceptors (Lipinski definition) is 7. The van der Waals surface area contributed by atoms with Crippen molar-refractivity contribution in [3.63, 3.8) is 0 Å². The average Bonchev–Trinajstić information content (AvgIpc) is 3.30. The van der Waals surface area contributed by atoms with Crippen LogP contribution in [0.4, 0.5) is 0 Å². The Hall–Kier alpha value is -2.94. The minimum Gasteiger partial charge on any atom is -0.454 e. The van der Waals surface area contributed by atoms with Crippen LogP contribution < -0.4 is 9.47 Å². The maximum atomic E-state index is 13.1. The molecule has 4 rings (SSSR count). The van der Waals surface area contributed by atoms with Crippen LogP contribution in [0.1, 0.15) is 17.7 Å². The van der Waals surface area contributed by atoms with Crippen molar-refractivity contribution >= 4 is 9.84 Å². The van der Waals surface area contributed by atoms with Crippen molar-refractivity contribution in [1.82, 2.24) is 20.2 Å². The lowest BCUT2D eigenvalue weighted by atomic mass is 10.1. The standard InChI is InChI=1S/C16H14N4O4S/c1-11(12-7-8-14-15(9-12)24-10-23-14)25(21,22)16-17-18-19-20(16)13-5-3-2-4-6-13/h2-9,11H,10H2,1H3. The molecule has 9 heteroatoms. The van der Waals surface area contributed by atoms with Crippen LogP contribution in [-0.4, -0.2) is 35.4 Å². The maximum Gasteiger partial charge on any atom is 0.273 e.